The molecule has 0 aliphatic heterocycles. The summed E-state index contributed by atoms with van der Waals surface area (Å²) in [6.07, 6.45) is -3.14. The summed E-state index contributed by atoms with van der Waals surface area (Å²) in [5.74, 6) is -2.58. The van der Waals surface area contributed by atoms with Crippen molar-refractivity contribution in [2.45, 2.75) is 35.4 Å². The molecular formula is C18H16ClF3N2O6S. The van der Waals surface area contributed by atoms with Crippen LogP contribution in [0.5, 0.6) is 0 Å². The highest BCUT2D eigenvalue weighted by Crippen LogP contribution is 2.33. The number of nitrogens with one attached hydrogen (secondary N) is 1. The summed E-state index contributed by atoms with van der Waals surface area (Å²) in [5, 5.41) is 10.8. The number of amides is 1. The molecule has 1 atom stereocenters. The molecule has 0 fully saturated rings. The van der Waals surface area contributed by atoms with Crippen LogP contribution in [0.25, 0.3) is 0 Å². The van der Waals surface area contributed by atoms with E-state index in [1.807, 2.05) is 0 Å². The number of nitrogens with zero attached hydrogens (tertiary/aromatic N) is 1. The van der Waals surface area contributed by atoms with E-state index in [0.717, 1.165) is 36.7 Å². The molecule has 1 amide bonds. The van der Waals surface area contributed by atoms with Crippen LogP contribution in [0, 0.1) is 0 Å². The van der Waals surface area contributed by atoms with Gasteiger partial charge in [-0.25, -0.2) is 13.2 Å². The number of sulfone groups is 1. The van der Waals surface area contributed by atoms with E-state index >= 15 is 0 Å². The van der Waals surface area contributed by atoms with Gasteiger partial charge in [-0.05, 0) is 38.1 Å². The van der Waals surface area contributed by atoms with Crippen LogP contribution in [0.3, 0.4) is 0 Å². The summed E-state index contributed by atoms with van der Waals surface area (Å²) in [6, 6.07) is 3.88. The van der Waals surface area contributed by atoms with Gasteiger partial charge in [-0.3, -0.25) is 9.78 Å². The zero-order valence-corrected chi connectivity index (χ0v) is 17.6. The fourth-order valence-electron chi connectivity index (χ4n) is 2.17. The molecule has 0 spiro atoms. The number of hydrogen-bond donors (Lipinski definition) is 2. The second-order valence-electron chi connectivity index (χ2n) is 6.30. The highest BCUT2D eigenvalue weighted by atomic mass is 35.5. The van der Waals surface area contributed by atoms with Crippen LogP contribution in [0.1, 0.15) is 24.2 Å². The lowest BCUT2D eigenvalue weighted by atomic mass is 10.1. The van der Waals surface area contributed by atoms with E-state index in [-0.39, 0.29) is 34.6 Å². The summed E-state index contributed by atoms with van der Waals surface area (Å²) in [6.45, 7) is 1.90. The van der Waals surface area contributed by atoms with Crippen molar-refractivity contribution in [3.63, 3.8) is 0 Å². The molecule has 0 saturated carbocycles. The van der Waals surface area contributed by atoms with Crippen LogP contribution in [0.4, 0.5) is 18.9 Å². The van der Waals surface area contributed by atoms with Crippen molar-refractivity contribution in [2.24, 2.45) is 0 Å². The Hall–Kier alpha value is -2.70. The van der Waals surface area contributed by atoms with Gasteiger partial charge < -0.3 is 15.2 Å². The zero-order chi connectivity index (χ0) is 23.6. The number of benzene rings is 1. The number of aromatic nitrogens is 1. The van der Waals surface area contributed by atoms with Crippen molar-refractivity contribution in [1.29, 1.82) is 0 Å². The van der Waals surface area contributed by atoms with Crippen LogP contribution in [-0.2, 0) is 19.4 Å². The molecule has 31 heavy (non-hydrogen) atoms. The first-order valence-corrected chi connectivity index (χ1v) is 10.3. The minimum Gasteiger partial charge on any atom is -0.462 e. The van der Waals surface area contributed by atoms with Gasteiger partial charge in [-0.2, -0.15) is 13.2 Å². The maximum absolute atomic E-state index is 12.8. The molecule has 0 unspecified atom stereocenters. The van der Waals surface area contributed by atoms with E-state index in [4.69, 9.17) is 16.3 Å². The molecule has 0 aliphatic rings. The molecule has 2 N–H and O–H groups in total. The number of aliphatic hydroxyl groups is 1. The van der Waals surface area contributed by atoms with Gasteiger partial charge in [0.1, 0.15) is 0 Å². The second-order valence-corrected chi connectivity index (χ2v) is 8.66. The van der Waals surface area contributed by atoms with E-state index < -0.39 is 38.5 Å². The van der Waals surface area contributed by atoms with E-state index in [1.54, 1.807) is 12.2 Å². The highest BCUT2D eigenvalue weighted by Gasteiger charge is 2.55. The summed E-state index contributed by atoms with van der Waals surface area (Å²) in [7, 11) is -4.23. The minimum atomic E-state index is -5.25. The summed E-state index contributed by atoms with van der Waals surface area (Å²) < 4.78 is 68.7. The fourth-order valence-corrected chi connectivity index (χ4v) is 3.73. The van der Waals surface area contributed by atoms with Gasteiger partial charge in [-0.1, -0.05) is 11.6 Å². The molecule has 0 saturated heterocycles. The third kappa shape index (κ3) is 5.14. The molecule has 1 aromatic heterocycles. The minimum absolute atomic E-state index is 0.0693. The van der Waals surface area contributed by atoms with Gasteiger partial charge >= 0.3 is 12.1 Å². The SMILES string of the molecule is CCOC(=O)c1cncc(S(=O)(=O)c2ccc(NC(=O)[C@@](C)(O)C(F)(F)F)c(Cl)c2)c1. The number of anilines is 1. The Morgan fingerprint density at radius 2 is 1.84 bits per heavy atom. The molecule has 0 radical (unpaired) electrons. The van der Waals surface area contributed by atoms with Crippen molar-refractivity contribution >= 4 is 39.0 Å². The number of alkyl halides is 3. The van der Waals surface area contributed by atoms with Crippen LogP contribution in [0.15, 0.2) is 46.5 Å². The largest absolute Gasteiger partial charge is 0.462 e. The Bertz CT molecular complexity index is 1120. The van der Waals surface area contributed by atoms with E-state index in [2.05, 4.69) is 4.98 Å². The molecule has 2 rings (SSSR count). The first kappa shape index (κ1) is 24.6. The third-order valence-corrected chi connectivity index (χ3v) is 6.06. The molecule has 0 aliphatic carbocycles. The van der Waals surface area contributed by atoms with Gasteiger partial charge in [0.2, 0.25) is 15.4 Å². The average Bonchev–Trinajstić information content (AvgIpc) is 2.68. The molecule has 1 heterocycles. The van der Waals surface area contributed by atoms with Crippen LogP contribution >= 0.6 is 11.6 Å². The van der Waals surface area contributed by atoms with Gasteiger partial charge in [0.15, 0.2) is 0 Å². The maximum Gasteiger partial charge on any atom is 0.426 e. The predicted octanol–water partition coefficient (Wildman–Crippen LogP) is 3.00. The molecule has 0 bridgehead atoms. The second kappa shape index (κ2) is 8.81. The first-order valence-electron chi connectivity index (χ1n) is 8.49. The Morgan fingerprint density at radius 1 is 1.19 bits per heavy atom. The maximum atomic E-state index is 12.8. The van der Waals surface area contributed by atoms with Crippen molar-refractivity contribution < 1.29 is 41.0 Å². The quantitative estimate of drug-likeness (QED) is 0.609. The van der Waals surface area contributed by atoms with Crippen LogP contribution in [0.2, 0.25) is 5.02 Å². The van der Waals surface area contributed by atoms with Crippen LogP contribution in [-0.4, -0.2) is 48.8 Å². The lowest BCUT2D eigenvalue weighted by molar-refractivity contribution is -0.242. The Morgan fingerprint density at radius 3 is 2.39 bits per heavy atom. The molecular weight excluding hydrogens is 465 g/mol. The Kier molecular flexibility index (Phi) is 6.98. The Balaban J connectivity index is 2.35. The van der Waals surface area contributed by atoms with Gasteiger partial charge in [-0.15, -0.1) is 0 Å². The Labute approximate surface area is 179 Å². The standard InChI is InChI=1S/C18H16ClF3N2O6S/c1-3-30-15(25)10-6-12(9-23-8-10)31(28,29)11-4-5-14(13(19)7-11)24-16(26)17(2,27)18(20,21)22/h4-9,27H,3H2,1-2H3,(H,24,26)/t17-/m1/s1. The number of halogens is 4. The van der Waals surface area contributed by atoms with E-state index in [1.165, 1.54) is 0 Å². The molecule has 1 aromatic carbocycles. The number of hydrogen-bond acceptors (Lipinski definition) is 7. The topological polar surface area (TPSA) is 123 Å². The average molecular weight is 481 g/mol. The fraction of sp³-hybridized carbons (Fsp3) is 0.278. The number of carbonyl (C=O) groups excluding carboxylic acids is 2. The van der Waals surface area contributed by atoms with Crippen molar-refractivity contribution in [3.05, 3.63) is 47.2 Å². The number of ether oxygens (including phenoxy) is 1. The van der Waals surface area contributed by atoms with Crippen LogP contribution < -0.4 is 5.32 Å². The van der Waals surface area contributed by atoms with Gasteiger partial charge in [0.25, 0.3) is 5.91 Å². The number of esters is 1. The molecule has 2 aromatic rings. The van der Waals surface area contributed by atoms with Crippen molar-refractivity contribution in [1.82, 2.24) is 4.98 Å². The van der Waals surface area contributed by atoms with E-state index in [0.29, 0.717) is 0 Å². The van der Waals surface area contributed by atoms with Gasteiger partial charge in [0.05, 0.1) is 32.7 Å². The lowest BCUT2D eigenvalue weighted by Crippen LogP contribution is -2.52. The summed E-state index contributed by atoms with van der Waals surface area (Å²) in [5.41, 5.74) is -4.15. The van der Waals surface area contributed by atoms with Crippen molar-refractivity contribution in [3.8, 4) is 0 Å². The number of carbonyl (C=O) groups is 2. The van der Waals surface area contributed by atoms with E-state index in [9.17, 15) is 36.3 Å². The summed E-state index contributed by atoms with van der Waals surface area (Å²) >= 11 is 5.92. The monoisotopic (exact) mass is 480 g/mol. The molecule has 13 heteroatoms. The lowest BCUT2D eigenvalue weighted by Gasteiger charge is -2.25. The summed E-state index contributed by atoms with van der Waals surface area (Å²) in [4.78, 5) is 26.6. The van der Waals surface area contributed by atoms with Gasteiger partial charge in [0, 0.05) is 12.4 Å². The third-order valence-electron chi connectivity index (χ3n) is 4.03. The molecule has 8 nitrogen and oxygen atoms in total. The normalized spacial score (nSPS) is 13.9. The number of rotatable bonds is 6. The number of pyridine rings is 1. The highest BCUT2D eigenvalue weighted by molar-refractivity contribution is 7.91. The molecule has 168 valence electrons. The smallest absolute Gasteiger partial charge is 0.426 e. The first-order chi connectivity index (χ1) is 14.2. The zero-order valence-electron chi connectivity index (χ0n) is 16.0. The predicted molar refractivity (Wildman–Crippen MR) is 102 cm³/mol. The van der Waals surface area contributed by atoms with Crippen molar-refractivity contribution in [2.75, 3.05) is 11.9 Å².